The van der Waals surface area contributed by atoms with Crippen LogP contribution >= 0.6 is 0 Å². The maximum atomic E-state index is 10.1. The molecular weight excluding hydrogens is 1260 g/mol. The molecule has 0 atom stereocenters. The summed E-state index contributed by atoms with van der Waals surface area (Å²) in [5.41, 5.74) is 0. The van der Waals surface area contributed by atoms with E-state index in [0.29, 0.717) is 51.4 Å². The summed E-state index contributed by atoms with van der Waals surface area (Å²) in [4.78, 5) is 81.1. The van der Waals surface area contributed by atoms with Crippen molar-refractivity contribution in [1.29, 1.82) is 0 Å². The van der Waals surface area contributed by atoms with Crippen LogP contribution in [0.25, 0.3) is 0 Å². The monoisotopic (exact) mass is 1420 g/mol. The molecule has 576 valence electrons. The first-order chi connectivity index (χ1) is 46.2. The van der Waals surface area contributed by atoms with Crippen molar-refractivity contribution in [2.75, 3.05) is 0 Å². The minimum absolute atomic E-state index is 0. The van der Waals surface area contributed by atoms with Crippen LogP contribution in [0.2, 0.25) is 0 Å². The number of carboxylic acid groups (broad SMARTS) is 8. The van der Waals surface area contributed by atoms with Crippen LogP contribution in [0.3, 0.4) is 0 Å². The van der Waals surface area contributed by atoms with Crippen molar-refractivity contribution in [3.63, 3.8) is 0 Å². The molecule has 0 amide bonds. The van der Waals surface area contributed by atoms with Gasteiger partial charge in [-0.1, -0.05) is 364 Å². The Morgan fingerprint density at radius 1 is 0.134 bits per heavy atom. The second kappa shape index (κ2) is 109. The third-order valence-electron chi connectivity index (χ3n) is 16.0. The first-order valence-corrected chi connectivity index (χ1v) is 39.9. The largest absolute Gasteiger partial charge is 2.00 e. The number of rotatable bonds is 64. The van der Waals surface area contributed by atoms with Gasteiger partial charge in [0.2, 0.25) is 0 Å². The molecule has 0 bridgehead atoms. The van der Waals surface area contributed by atoms with E-state index in [0.717, 1.165) is 103 Å². The molecule has 0 unspecified atom stereocenters. The van der Waals surface area contributed by atoms with E-state index in [1.165, 1.54) is 257 Å². The smallest absolute Gasteiger partial charge is 0.481 e. The van der Waals surface area contributed by atoms with Gasteiger partial charge in [-0.15, -0.1) is 0 Å². The van der Waals surface area contributed by atoms with Crippen molar-refractivity contribution in [1.82, 2.24) is 0 Å². The molecule has 0 aromatic rings. The number of carbonyl (C=O) groups is 8. The van der Waals surface area contributed by atoms with Crippen LogP contribution in [0, 0.1) is 0 Å². The molecule has 16 nitrogen and oxygen atoms in total. The molecule has 0 saturated carbocycles. The second-order valence-corrected chi connectivity index (χ2v) is 26.1. The van der Waals surface area contributed by atoms with Crippen molar-refractivity contribution in [2.24, 2.45) is 0 Å². The van der Waals surface area contributed by atoms with Gasteiger partial charge in [-0.05, 0) is 51.4 Å². The van der Waals surface area contributed by atoms with E-state index in [-0.39, 0.29) is 37.7 Å². The summed E-state index contributed by atoms with van der Waals surface area (Å²) >= 11 is 0. The van der Waals surface area contributed by atoms with Crippen molar-refractivity contribution in [2.45, 2.75) is 466 Å². The summed E-state index contributed by atoms with van der Waals surface area (Å²) in [5, 5.41) is 66.8. The molecule has 8 N–H and O–H groups in total. The first-order valence-electron chi connectivity index (χ1n) is 39.9. The standard InChI is InChI=1S/8C10H20O2.Ca/c8*1-2-3-4-5-6-7-8-9-10(11)12;/h8*2-9H2,1H3,(H,11,12);/q;;;;;;;;+2. The average Bonchev–Trinajstić information content (AvgIpc) is 3.54. The van der Waals surface area contributed by atoms with E-state index in [9.17, 15) is 38.4 Å². The Morgan fingerprint density at radius 3 is 0.258 bits per heavy atom. The fraction of sp³-hybridized carbons (Fsp3) is 0.900. The Bertz CT molecular complexity index is 1230. The van der Waals surface area contributed by atoms with Gasteiger partial charge in [-0.25, -0.2) is 0 Å². The fourth-order valence-electron chi connectivity index (χ4n) is 9.87. The SMILES string of the molecule is CCCCCCCCCC(=O)O.CCCCCCCCCC(=O)O.CCCCCCCCCC(=O)O.CCCCCCCCCC(=O)O.CCCCCCCCCC(=O)O.CCCCCCCCCC(=O)O.CCCCCCCCCC(=O)O.CCCCCCCCCC(=O)O.[Ca+2]. The molecule has 0 radical (unpaired) electrons. The molecule has 0 aliphatic carbocycles. The van der Waals surface area contributed by atoms with Gasteiger partial charge in [0, 0.05) is 51.4 Å². The van der Waals surface area contributed by atoms with Crippen molar-refractivity contribution in [3.05, 3.63) is 0 Å². The maximum Gasteiger partial charge on any atom is 2.00 e. The molecule has 0 aliphatic heterocycles. The molecule has 17 heteroatoms. The number of hydrogen-bond donors (Lipinski definition) is 8. The Labute approximate surface area is 626 Å². The summed E-state index contributed by atoms with van der Waals surface area (Å²) in [7, 11) is 0. The zero-order chi connectivity index (χ0) is 73.9. The van der Waals surface area contributed by atoms with Crippen molar-refractivity contribution in [3.8, 4) is 0 Å². The molecule has 0 saturated heterocycles. The van der Waals surface area contributed by atoms with Gasteiger partial charge in [-0.3, -0.25) is 38.4 Å². The number of unbranched alkanes of at least 4 members (excludes halogenated alkanes) is 48. The van der Waals surface area contributed by atoms with E-state index < -0.39 is 47.8 Å². The molecule has 0 fully saturated rings. The van der Waals surface area contributed by atoms with Gasteiger partial charge < -0.3 is 40.9 Å². The van der Waals surface area contributed by atoms with Crippen molar-refractivity contribution >= 4 is 85.5 Å². The normalized spacial score (nSPS) is 9.98. The number of carboxylic acids is 8. The topological polar surface area (TPSA) is 298 Å². The number of aliphatic carboxylic acids is 8. The maximum absolute atomic E-state index is 10.1. The van der Waals surface area contributed by atoms with Crippen LogP contribution in [-0.2, 0) is 38.4 Å². The van der Waals surface area contributed by atoms with Gasteiger partial charge in [-0.2, -0.15) is 0 Å². The van der Waals surface area contributed by atoms with Crippen LogP contribution in [0.4, 0.5) is 0 Å². The molecule has 0 aromatic heterocycles. The Hall–Kier alpha value is -2.98. The van der Waals surface area contributed by atoms with E-state index in [1.807, 2.05) is 0 Å². The summed E-state index contributed by atoms with van der Waals surface area (Å²) in [6, 6.07) is 0. The van der Waals surface area contributed by atoms with Crippen LogP contribution in [0.5, 0.6) is 0 Å². The summed E-state index contributed by atoms with van der Waals surface area (Å²) in [6.07, 6.45) is 69.1. The third-order valence-corrected chi connectivity index (χ3v) is 16.0. The summed E-state index contributed by atoms with van der Waals surface area (Å²) in [5.74, 6) is -5.31. The number of hydrogen-bond acceptors (Lipinski definition) is 8. The average molecular weight is 1420 g/mol. The van der Waals surface area contributed by atoms with Crippen LogP contribution in [0.1, 0.15) is 466 Å². The second-order valence-electron chi connectivity index (χ2n) is 26.1. The third kappa shape index (κ3) is 162. The quantitative estimate of drug-likeness (QED) is 0.0207. The van der Waals surface area contributed by atoms with Gasteiger partial charge in [0.05, 0.1) is 0 Å². The predicted octanol–water partition coefficient (Wildman–Crippen LogP) is 25.3. The zero-order valence-electron chi connectivity index (χ0n) is 64.8. The van der Waals surface area contributed by atoms with Crippen LogP contribution in [0.15, 0.2) is 0 Å². The van der Waals surface area contributed by atoms with E-state index in [1.54, 1.807) is 0 Å². The van der Waals surface area contributed by atoms with Crippen molar-refractivity contribution < 1.29 is 79.2 Å². The molecule has 0 aromatic carbocycles. The van der Waals surface area contributed by atoms with Gasteiger partial charge in [0.25, 0.3) is 0 Å². The van der Waals surface area contributed by atoms with E-state index in [4.69, 9.17) is 40.9 Å². The molecule has 97 heavy (non-hydrogen) atoms. The summed E-state index contributed by atoms with van der Waals surface area (Å²) in [6.45, 7) is 17.6. The van der Waals surface area contributed by atoms with Gasteiger partial charge in [0.1, 0.15) is 0 Å². The summed E-state index contributed by atoms with van der Waals surface area (Å²) < 4.78 is 0. The Kier molecular flexibility index (Phi) is 126. The van der Waals surface area contributed by atoms with Crippen LogP contribution < -0.4 is 0 Å². The zero-order valence-corrected chi connectivity index (χ0v) is 67.0. The van der Waals surface area contributed by atoms with E-state index in [2.05, 4.69) is 55.4 Å². The first kappa shape index (κ1) is 113. The fourth-order valence-corrected chi connectivity index (χ4v) is 9.87. The molecule has 0 aliphatic rings. The van der Waals surface area contributed by atoms with E-state index >= 15 is 0 Å². The molecule has 0 spiro atoms. The predicted molar refractivity (Wildman–Crippen MR) is 408 cm³/mol. The minimum atomic E-state index is -0.663. The minimum Gasteiger partial charge on any atom is -0.481 e. The van der Waals surface area contributed by atoms with Gasteiger partial charge in [0.15, 0.2) is 0 Å². The Morgan fingerprint density at radius 2 is 0.196 bits per heavy atom. The molecule has 0 heterocycles. The van der Waals surface area contributed by atoms with Gasteiger partial charge >= 0.3 is 85.5 Å². The molecular formula is C80H160CaO16+2. The Balaban J connectivity index is -0.000000130. The molecule has 0 rings (SSSR count). The van der Waals surface area contributed by atoms with Crippen LogP contribution in [-0.4, -0.2) is 126 Å².